The van der Waals surface area contributed by atoms with Gasteiger partial charge in [-0.25, -0.2) is 9.97 Å². The number of hydrogen-bond acceptors (Lipinski definition) is 5. The Morgan fingerprint density at radius 1 is 1.29 bits per heavy atom. The van der Waals surface area contributed by atoms with Gasteiger partial charge in [-0.3, -0.25) is 0 Å². The molecule has 1 fully saturated rings. The number of piperidine rings is 1. The van der Waals surface area contributed by atoms with Crippen molar-refractivity contribution in [3.63, 3.8) is 0 Å². The molecule has 1 aromatic heterocycles. The Hall–Kier alpha value is -2.61. The maximum absolute atomic E-state index is 9.25. The van der Waals surface area contributed by atoms with E-state index in [0.29, 0.717) is 11.6 Å². The van der Waals surface area contributed by atoms with Gasteiger partial charge in [0.1, 0.15) is 23.5 Å². The lowest BCUT2D eigenvalue weighted by Crippen LogP contribution is -2.39. The monoisotopic (exact) mass is 321 g/mol. The Labute approximate surface area is 143 Å². The molecule has 5 heteroatoms. The molecule has 0 bridgehead atoms. The molecule has 1 saturated heterocycles. The lowest BCUT2D eigenvalue weighted by atomic mass is 10.00. The second-order valence-electron chi connectivity index (χ2n) is 6.19. The van der Waals surface area contributed by atoms with Crippen LogP contribution in [0.3, 0.4) is 0 Å². The quantitative estimate of drug-likeness (QED) is 0.915. The number of benzene rings is 1. The molecule has 2 aromatic rings. The molecule has 0 spiro atoms. The van der Waals surface area contributed by atoms with Gasteiger partial charge < -0.3 is 10.2 Å². The molecular formula is C19H23N5. The molecule has 2 heterocycles. The zero-order valence-corrected chi connectivity index (χ0v) is 14.3. The lowest BCUT2D eigenvalue weighted by molar-refractivity contribution is 0.446. The zero-order valence-electron chi connectivity index (χ0n) is 14.3. The number of nitriles is 1. The van der Waals surface area contributed by atoms with Crippen molar-refractivity contribution in [1.29, 1.82) is 5.26 Å². The van der Waals surface area contributed by atoms with E-state index in [1.165, 1.54) is 19.3 Å². The summed E-state index contributed by atoms with van der Waals surface area (Å²) in [5, 5.41) is 12.5. The lowest BCUT2D eigenvalue weighted by Gasteiger charge is -2.36. The predicted octanol–water partition coefficient (Wildman–Crippen LogP) is 4.17. The summed E-state index contributed by atoms with van der Waals surface area (Å²) in [6.07, 6.45) is 4.85. The minimum absolute atomic E-state index is 0.548. The van der Waals surface area contributed by atoms with E-state index in [4.69, 9.17) is 0 Å². The third-order valence-corrected chi connectivity index (χ3v) is 4.53. The fourth-order valence-electron chi connectivity index (χ4n) is 3.32. The first-order valence-electron chi connectivity index (χ1n) is 8.59. The third kappa shape index (κ3) is 3.48. The van der Waals surface area contributed by atoms with Crippen LogP contribution in [0.25, 0.3) is 0 Å². The normalized spacial score (nSPS) is 17.4. The summed E-state index contributed by atoms with van der Waals surface area (Å²) in [6, 6.07) is 12.2. The Morgan fingerprint density at radius 3 is 2.92 bits per heavy atom. The number of aromatic nitrogens is 2. The first-order valence-corrected chi connectivity index (χ1v) is 8.59. The van der Waals surface area contributed by atoms with Crippen molar-refractivity contribution in [3.05, 3.63) is 41.7 Å². The van der Waals surface area contributed by atoms with E-state index in [9.17, 15) is 5.26 Å². The van der Waals surface area contributed by atoms with Crippen LogP contribution in [0, 0.1) is 18.3 Å². The summed E-state index contributed by atoms with van der Waals surface area (Å²) in [7, 11) is 0. The van der Waals surface area contributed by atoms with Crippen molar-refractivity contribution in [3.8, 4) is 6.07 Å². The van der Waals surface area contributed by atoms with Gasteiger partial charge in [0, 0.05) is 18.7 Å². The molecule has 5 nitrogen and oxygen atoms in total. The van der Waals surface area contributed by atoms with Crippen LogP contribution < -0.4 is 10.2 Å². The number of rotatable bonds is 4. The molecule has 124 valence electrons. The third-order valence-electron chi connectivity index (χ3n) is 4.53. The SMILES string of the molecule is CCC1CCCCN1c1cc(Nc2ccccc2C#N)nc(C)n1. The second kappa shape index (κ2) is 7.31. The Kier molecular flexibility index (Phi) is 4.95. The van der Waals surface area contributed by atoms with Crippen molar-refractivity contribution in [2.45, 2.75) is 45.6 Å². The molecule has 1 N–H and O–H groups in total. The van der Waals surface area contributed by atoms with Crippen molar-refractivity contribution in [1.82, 2.24) is 9.97 Å². The average molecular weight is 321 g/mol. The fraction of sp³-hybridized carbons (Fsp3) is 0.421. The van der Waals surface area contributed by atoms with Gasteiger partial charge in [-0.2, -0.15) is 5.26 Å². The minimum atomic E-state index is 0.548. The number of nitrogens with zero attached hydrogens (tertiary/aromatic N) is 4. The minimum Gasteiger partial charge on any atom is -0.353 e. The zero-order chi connectivity index (χ0) is 16.9. The molecule has 1 aliphatic heterocycles. The van der Waals surface area contributed by atoms with Gasteiger partial charge in [0.25, 0.3) is 0 Å². The highest BCUT2D eigenvalue weighted by molar-refractivity contribution is 5.66. The highest BCUT2D eigenvalue weighted by Gasteiger charge is 2.22. The Morgan fingerprint density at radius 2 is 2.12 bits per heavy atom. The first-order chi connectivity index (χ1) is 11.7. The molecule has 1 aliphatic rings. The van der Waals surface area contributed by atoms with E-state index < -0.39 is 0 Å². The van der Waals surface area contributed by atoms with Gasteiger partial charge in [0.2, 0.25) is 0 Å². The van der Waals surface area contributed by atoms with Crippen LogP contribution in [-0.4, -0.2) is 22.6 Å². The Balaban J connectivity index is 1.90. The summed E-state index contributed by atoms with van der Waals surface area (Å²) < 4.78 is 0. The molecule has 0 radical (unpaired) electrons. The first kappa shape index (κ1) is 16.3. The van der Waals surface area contributed by atoms with E-state index in [2.05, 4.69) is 33.2 Å². The molecule has 24 heavy (non-hydrogen) atoms. The molecule has 1 atom stereocenters. The summed E-state index contributed by atoms with van der Waals surface area (Å²) in [4.78, 5) is 11.5. The molecule has 3 rings (SSSR count). The van der Waals surface area contributed by atoms with E-state index in [-0.39, 0.29) is 0 Å². The standard InChI is InChI=1S/C19H23N5/c1-3-16-9-6-7-11-24(16)19-12-18(21-14(2)22-19)23-17-10-5-4-8-15(17)13-20/h4-5,8,10,12,16H,3,6-7,9,11H2,1-2H3,(H,21,22,23). The number of anilines is 3. The van der Waals surface area contributed by atoms with Crippen molar-refractivity contribution in [2.24, 2.45) is 0 Å². The molecule has 0 saturated carbocycles. The van der Waals surface area contributed by atoms with Gasteiger partial charge in [0.15, 0.2) is 0 Å². The van der Waals surface area contributed by atoms with Crippen LogP contribution in [0.5, 0.6) is 0 Å². The van der Waals surface area contributed by atoms with E-state index in [0.717, 1.165) is 36.1 Å². The van der Waals surface area contributed by atoms with Crippen molar-refractivity contribution < 1.29 is 0 Å². The molecule has 1 aromatic carbocycles. The van der Waals surface area contributed by atoms with Gasteiger partial charge in [-0.05, 0) is 44.7 Å². The summed E-state index contributed by atoms with van der Waals surface area (Å²) in [5.74, 6) is 2.46. The van der Waals surface area contributed by atoms with Crippen molar-refractivity contribution in [2.75, 3.05) is 16.8 Å². The number of para-hydroxylation sites is 1. The molecular weight excluding hydrogens is 298 g/mol. The molecule has 0 amide bonds. The predicted molar refractivity (Wildman–Crippen MR) is 96.5 cm³/mol. The van der Waals surface area contributed by atoms with Gasteiger partial charge in [0.05, 0.1) is 11.3 Å². The number of aryl methyl sites for hydroxylation is 1. The van der Waals surface area contributed by atoms with E-state index >= 15 is 0 Å². The number of hydrogen-bond donors (Lipinski definition) is 1. The van der Waals surface area contributed by atoms with Gasteiger partial charge in [-0.1, -0.05) is 19.1 Å². The highest BCUT2D eigenvalue weighted by Crippen LogP contribution is 2.28. The summed E-state index contributed by atoms with van der Waals surface area (Å²) in [6.45, 7) is 5.19. The van der Waals surface area contributed by atoms with E-state index in [1.54, 1.807) is 6.07 Å². The number of nitrogens with one attached hydrogen (secondary N) is 1. The largest absolute Gasteiger partial charge is 0.353 e. The summed E-state index contributed by atoms with van der Waals surface area (Å²) >= 11 is 0. The van der Waals surface area contributed by atoms with Crippen LogP contribution in [0.15, 0.2) is 30.3 Å². The fourth-order valence-corrected chi connectivity index (χ4v) is 3.32. The molecule has 1 unspecified atom stereocenters. The molecule has 0 aliphatic carbocycles. The average Bonchev–Trinajstić information content (AvgIpc) is 2.61. The Bertz CT molecular complexity index is 750. The summed E-state index contributed by atoms with van der Waals surface area (Å²) in [5.41, 5.74) is 1.38. The van der Waals surface area contributed by atoms with Crippen LogP contribution in [-0.2, 0) is 0 Å². The highest BCUT2D eigenvalue weighted by atomic mass is 15.2. The van der Waals surface area contributed by atoms with Gasteiger partial charge in [-0.15, -0.1) is 0 Å². The van der Waals surface area contributed by atoms with Crippen LogP contribution in [0.2, 0.25) is 0 Å². The van der Waals surface area contributed by atoms with Crippen molar-refractivity contribution >= 4 is 17.3 Å². The maximum Gasteiger partial charge on any atom is 0.136 e. The van der Waals surface area contributed by atoms with Gasteiger partial charge >= 0.3 is 0 Å². The van der Waals surface area contributed by atoms with E-state index in [1.807, 2.05) is 31.2 Å². The van der Waals surface area contributed by atoms with Crippen LogP contribution in [0.1, 0.15) is 44.0 Å². The smallest absolute Gasteiger partial charge is 0.136 e. The van der Waals surface area contributed by atoms with Crippen LogP contribution in [0.4, 0.5) is 17.3 Å². The maximum atomic E-state index is 9.25. The second-order valence-corrected chi connectivity index (χ2v) is 6.19. The van der Waals surface area contributed by atoms with Crippen LogP contribution >= 0.6 is 0 Å². The topological polar surface area (TPSA) is 64.8 Å².